The van der Waals surface area contributed by atoms with Gasteiger partial charge in [-0.3, -0.25) is 0 Å². The third-order valence-electron chi connectivity index (χ3n) is 3.31. The predicted molar refractivity (Wildman–Crippen MR) is 78.8 cm³/mol. The van der Waals surface area contributed by atoms with Gasteiger partial charge >= 0.3 is 0 Å². The van der Waals surface area contributed by atoms with Crippen LogP contribution in [-0.4, -0.2) is 0 Å². The SMILES string of the molecule is CC(C)(C#N)c1ccc(NCc2cc(F)cc(F)c2)cc1. The van der Waals surface area contributed by atoms with Crippen molar-refractivity contribution in [2.24, 2.45) is 0 Å². The van der Waals surface area contributed by atoms with Gasteiger partial charge in [-0.25, -0.2) is 8.78 Å². The lowest BCUT2D eigenvalue weighted by Gasteiger charge is -2.16. The fourth-order valence-electron chi connectivity index (χ4n) is 1.99. The number of nitrogens with one attached hydrogen (secondary N) is 1. The maximum absolute atomic E-state index is 13.1. The Morgan fingerprint density at radius 2 is 1.62 bits per heavy atom. The second-order valence-electron chi connectivity index (χ2n) is 5.45. The average Bonchev–Trinajstić information content (AvgIpc) is 2.44. The zero-order valence-corrected chi connectivity index (χ0v) is 12.0. The van der Waals surface area contributed by atoms with Crippen molar-refractivity contribution in [3.63, 3.8) is 0 Å². The van der Waals surface area contributed by atoms with Crippen LogP contribution < -0.4 is 5.32 Å². The maximum Gasteiger partial charge on any atom is 0.126 e. The molecule has 0 saturated carbocycles. The van der Waals surface area contributed by atoms with E-state index in [1.54, 1.807) is 0 Å². The van der Waals surface area contributed by atoms with Crippen molar-refractivity contribution >= 4 is 5.69 Å². The van der Waals surface area contributed by atoms with Crippen molar-refractivity contribution < 1.29 is 8.78 Å². The van der Waals surface area contributed by atoms with Gasteiger partial charge in [-0.05, 0) is 49.2 Å². The summed E-state index contributed by atoms with van der Waals surface area (Å²) in [5.74, 6) is -1.17. The minimum atomic E-state index is -0.585. The van der Waals surface area contributed by atoms with Gasteiger partial charge in [-0.1, -0.05) is 12.1 Å². The van der Waals surface area contributed by atoms with Crippen LogP contribution in [0.2, 0.25) is 0 Å². The molecule has 0 spiro atoms. The van der Waals surface area contributed by atoms with Crippen LogP contribution in [0.5, 0.6) is 0 Å². The number of benzene rings is 2. The number of anilines is 1. The molecule has 2 aromatic rings. The quantitative estimate of drug-likeness (QED) is 0.905. The van der Waals surface area contributed by atoms with Gasteiger partial charge in [0.1, 0.15) is 11.6 Å². The van der Waals surface area contributed by atoms with E-state index in [1.165, 1.54) is 12.1 Å². The van der Waals surface area contributed by atoms with Crippen LogP contribution >= 0.6 is 0 Å². The summed E-state index contributed by atoms with van der Waals surface area (Å²) in [5, 5.41) is 12.2. The van der Waals surface area contributed by atoms with E-state index < -0.39 is 17.0 Å². The molecular formula is C17H16F2N2. The van der Waals surface area contributed by atoms with Gasteiger partial charge in [0.25, 0.3) is 0 Å². The molecule has 0 bridgehead atoms. The van der Waals surface area contributed by atoms with E-state index in [0.29, 0.717) is 12.1 Å². The number of nitriles is 1. The molecule has 2 nitrogen and oxygen atoms in total. The van der Waals surface area contributed by atoms with Crippen LogP contribution in [-0.2, 0) is 12.0 Å². The molecule has 108 valence electrons. The summed E-state index contributed by atoms with van der Waals surface area (Å²) in [4.78, 5) is 0. The van der Waals surface area contributed by atoms with Crippen LogP contribution in [0.4, 0.5) is 14.5 Å². The van der Waals surface area contributed by atoms with Gasteiger partial charge in [0, 0.05) is 18.3 Å². The van der Waals surface area contributed by atoms with Gasteiger partial charge in [0.05, 0.1) is 11.5 Å². The summed E-state index contributed by atoms with van der Waals surface area (Å²) >= 11 is 0. The first-order chi connectivity index (χ1) is 9.90. The fraction of sp³-hybridized carbons (Fsp3) is 0.235. The zero-order valence-electron chi connectivity index (χ0n) is 12.0. The van der Waals surface area contributed by atoms with Crippen LogP contribution in [0.25, 0.3) is 0 Å². The fourth-order valence-corrected chi connectivity index (χ4v) is 1.99. The normalized spacial score (nSPS) is 11.0. The van der Waals surface area contributed by atoms with E-state index in [4.69, 9.17) is 5.26 Å². The Kier molecular flexibility index (Phi) is 4.23. The van der Waals surface area contributed by atoms with Gasteiger partial charge in [0.15, 0.2) is 0 Å². The third kappa shape index (κ3) is 3.79. The summed E-state index contributed by atoms with van der Waals surface area (Å²) in [7, 11) is 0. The highest BCUT2D eigenvalue weighted by Crippen LogP contribution is 2.23. The molecular weight excluding hydrogens is 270 g/mol. The molecule has 0 atom stereocenters. The molecule has 0 heterocycles. The van der Waals surface area contributed by atoms with Crippen molar-refractivity contribution in [2.75, 3.05) is 5.32 Å². The molecule has 2 aromatic carbocycles. The Labute approximate surface area is 123 Å². The molecule has 2 rings (SSSR count). The lowest BCUT2D eigenvalue weighted by atomic mass is 9.86. The predicted octanol–water partition coefficient (Wildman–Crippen LogP) is 4.38. The Hall–Kier alpha value is -2.41. The van der Waals surface area contributed by atoms with Gasteiger partial charge in [-0.2, -0.15) is 5.26 Å². The second kappa shape index (κ2) is 5.92. The molecule has 0 unspecified atom stereocenters. The van der Waals surface area contributed by atoms with Crippen molar-refractivity contribution in [1.82, 2.24) is 0 Å². The maximum atomic E-state index is 13.1. The first kappa shape index (κ1) is 15.0. The highest BCUT2D eigenvalue weighted by molar-refractivity contribution is 5.47. The summed E-state index contributed by atoms with van der Waals surface area (Å²) < 4.78 is 26.2. The number of rotatable bonds is 4. The monoisotopic (exact) mass is 286 g/mol. The highest BCUT2D eigenvalue weighted by Gasteiger charge is 2.18. The summed E-state index contributed by atoms with van der Waals surface area (Å²) in [6.07, 6.45) is 0. The third-order valence-corrected chi connectivity index (χ3v) is 3.31. The van der Waals surface area contributed by atoms with E-state index in [2.05, 4.69) is 11.4 Å². The first-order valence-electron chi connectivity index (χ1n) is 6.61. The molecule has 0 aromatic heterocycles. The standard InChI is InChI=1S/C17H16F2N2/c1-17(2,11-20)13-3-5-16(6-4-13)21-10-12-7-14(18)9-15(19)8-12/h3-9,21H,10H2,1-2H3. The largest absolute Gasteiger partial charge is 0.381 e. The molecule has 1 N–H and O–H groups in total. The number of hydrogen-bond acceptors (Lipinski definition) is 2. The molecule has 4 heteroatoms. The Morgan fingerprint density at radius 3 is 2.14 bits per heavy atom. The molecule has 0 aliphatic carbocycles. The van der Waals surface area contributed by atoms with Crippen LogP contribution in [0, 0.1) is 23.0 Å². The first-order valence-corrected chi connectivity index (χ1v) is 6.61. The van der Waals surface area contributed by atoms with E-state index in [-0.39, 0.29) is 0 Å². The lowest BCUT2D eigenvalue weighted by molar-refractivity contribution is 0.580. The number of halogens is 2. The summed E-state index contributed by atoms with van der Waals surface area (Å²) in [6.45, 7) is 4.03. The van der Waals surface area contributed by atoms with Crippen molar-refractivity contribution in [1.29, 1.82) is 5.26 Å². The van der Waals surface area contributed by atoms with Crippen LogP contribution in [0.1, 0.15) is 25.0 Å². The topological polar surface area (TPSA) is 35.8 Å². The molecule has 0 aliphatic heterocycles. The molecule has 0 amide bonds. The van der Waals surface area contributed by atoms with E-state index >= 15 is 0 Å². The highest BCUT2D eigenvalue weighted by atomic mass is 19.1. The van der Waals surface area contributed by atoms with Gasteiger partial charge in [-0.15, -0.1) is 0 Å². The molecule has 0 saturated heterocycles. The van der Waals surface area contributed by atoms with Gasteiger partial charge < -0.3 is 5.32 Å². The van der Waals surface area contributed by atoms with E-state index in [0.717, 1.165) is 17.3 Å². The summed E-state index contributed by atoms with van der Waals surface area (Å²) in [5.41, 5.74) is 1.75. The van der Waals surface area contributed by atoms with E-state index in [1.807, 2.05) is 38.1 Å². The van der Waals surface area contributed by atoms with Crippen molar-refractivity contribution in [2.45, 2.75) is 25.8 Å². The zero-order chi connectivity index (χ0) is 15.5. The number of nitrogens with zero attached hydrogens (tertiary/aromatic N) is 1. The Balaban J connectivity index is 2.06. The lowest BCUT2D eigenvalue weighted by Crippen LogP contribution is -2.13. The average molecular weight is 286 g/mol. The smallest absolute Gasteiger partial charge is 0.126 e. The van der Waals surface area contributed by atoms with Crippen LogP contribution in [0.3, 0.4) is 0 Å². The van der Waals surface area contributed by atoms with Crippen molar-refractivity contribution in [3.05, 3.63) is 65.2 Å². The van der Waals surface area contributed by atoms with E-state index in [9.17, 15) is 8.78 Å². The second-order valence-corrected chi connectivity index (χ2v) is 5.45. The van der Waals surface area contributed by atoms with Crippen molar-refractivity contribution in [3.8, 4) is 6.07 Å². The minimum absolute atomic E-state index is 0.329. The molecule has 0 aliphatic rings. The minimum Gasteiger partial charge on any atom is -0.381 e. The summed E-state index contributed by atoms with van der Waals surface area (Å²) in [6, 6.07) is 13.1. The molecule has 0 radical (unpaired) electrons. The molecule has 21 heavy (non-hydrogen) atoms. The van der Waals surface area contributed by atoms with Crippen LogP contribution in [0.15, 0.2) is 42.5 Å². The van der Waals surface area contributed by atoms with Gasteiger partial charge in [0.2, 0.25) is 0 Å². The molecule has 0 fully saturated rings. The Morgan fingerprint density at radius 1 is 1.05 bits per heavy atom. The Bertz CT molecular complexity index is 650. The number of hydrogen-bond donors (Lipinski definition) is 1.